The number of hydrogen-bond acceptors (Lipinski definition) is 4. The fourth-order valence-corrected chi connectivity index (χ4v) is 1.85. The number of hydrogen-bond donors (Lipinski definition) is 2. The lowest BCUT2D eigenvalue weighted by Gasteiger charge is -2.07. The largest absolute Gasteiger partial charge is 0.321 e. The van der Waals surface area contributed by atoms with E-state index in [-0.39, 0.29) is 17.7 Å². The van der Waals surface area contributed by atoms with Crippen molar-refractivity contribution in [1.82, 2.24) is 9.97 Å². The highest BCUT2D eigenvalue weighted by molar-refractivity contribution is 6.05. The maximum atomic E-state index is 12.1. The predicted octanol–water partition coefficient (Wildman–Crippen LogP) is 2.08. The van der Waals surface area contributed by atoms with E-state index in [4.69, 9.17) is 0 Å². The van der Waals surface area contributed by atoms with Gasteiger partial charge in [0.25, 0.3) is 5.91 Å². The van der Waals surface area contributed by atoms with Gasteiger partial charge in [-0.1, -0.05) is 0 Å². The lowest BCUT2D eigenvalue weighted by molar-refractivity contribution is -0.117. The van der Waals surface area contributed by atoms with Crippen molar-refractivity contribution in [2.45, 2.75) is 12.8 Å². The molecule has 2 heterocycles. The molecule has 6 nitrogen and oxygen atoms in total. The Kier molecular flexibility index (Phi) is 3.59. The van der Waals surface area contributed by atoms with Crippen LogP contribution in [-0.4, -0.2) is 21.8 Å². The van der Waals surface area contributed by atoms with Gasteiger partial charge in [-0.15, -0.1) is 0 Å². The molecule has 0 bridgehead atoms. The Bertz CT molecular complexity index is 668. The van der Waals surface area contributed by atoms with Crippen LogP contribution in [0.5, 0.6) is 0 Å². The van der Waals surface area contributed by atoms with Crippen LogP contribution in [0.4, 0.5) is 11.5 Å². The van der Waals surface area contributed by atoms with Gasteiger partial charge < -0.3 is 10.6 Å². The Morgan fingerprint density at radius 3 is 2.71 bits per heavy atom. The summed E-state index contributed by atoms with van der Waals surface area (Å²) < 4.78 is 0. The minimum atomic E-state index is -0.271. The van der Waals surface area contributed by atoms with Crippen LogP contribution in [0.15, 0.2) is 42.9 Å². The van der Waals surface area contributed by atoms with Crippen LogP contribution in [0.25, 0.3) is 0 Å². The number of nitrogens with one attached hydrogen (secondary N) is 2. The Labute approximate surface area is 121 Å². The molecule has 1 aliphatic carbocycles. The van der Waals surface area contributed by atoms with Crippen molar-refractivity contribution in [1.29, 1.82) is 0 Å². The van der Waals surface area contributed by atoms with Gasteiger partial charge in [-0.25, -0.2) is 4.98 Å². The van der Waals surface area contributed by atoms with Crippen LogP contribution in [0, 0.1) is 5.92 Å². The number of rotatable bonds is 4. The molecule has 0 unspecified atom stereocenters. The molecule has 0 aromatic carbocycles. The second kappa shape index (κ2) is 5.70. The fourth-order valence-electron chi connectivity index (χ4n) is 1.85. The van der Waals surface area contributed by atoms with Crippen LogP contribution < -0.4 is 10.6 Å². The molecule has 0 atom stereocenters. The van der Waals surface area contributed by atoms with E-state index in [0.29, 0.717) is 17.1 Å². The Morgan fingerprint density at radius 1 is 1.14 bits per heavy atom. The van der Waals surface area contributed by atoms with Crippen molar-refractivity contribution in [3.63, 3.8) is 0 Å². The normalized spacial score (nSPS) is 13.5. The van der Waals surface area contributed by atoms with Gasteiger partial charge in [0.2, 0.25) is 5.91 Å². The minimum absolute atomic E-state index is 0.0349. The molecule has 1 saturated carbocycles. The lowest BCUT2D eigenvalue weighted by Crippen LogP contribution is -2.16. The van der Waals surface area contributed by atoms with E-state index in [0.717, 1.165) is 12.8 Å². The van der Waals surface area contributed by atoms with Gasteiger partial charge in [-0.05, 0) is 37.1 Å². The third-order valence-electron chi connectivity index (χ3n) is 3.14. The first kappa shape index (κ1) is 13.2. The summed E-state index contributed by atoms with van der Waals surface area (Å²) in [5.41, 5.74) is 1.04. The molecular formula is C15H14N4O2. The number of amides is 2. The molecule has 2 N–H and O–H groups in total. The molecule has 2 aromatic rings. The number of anilines is 2. The van der Waals surface area contributed by atoms with E-state index < -0.39 is 0 Å². The summed E-state index contributed by atoms with van der Waals surface area (Å²) in [7, 11) is 0. The molecule has 3 rings (SSSR count). The van der Waals surface area contributed by atoms with Gasteiger partial charge in [-0.3, -0.25) is 14.6 Å². The Morgan fingerprint density at radius 2 is 2.00 bits per heavy atom. The van der Waals surface area contributed by atoms with Crippen molar-refractivity contribution < 1.29 is 9.59 Å². The molecule has 106 valence electrons. The molecule has 1 aliphatic rings. The molecule has 2 amide bonds. The molecule has 0 saturated heterocycles. The van der Waals surface area contributed by atoms with E-state index in [1.54, 1.807) is 36.7 Å². The Balaban J connectivity index is 1.69. The maximum Gasteiger partial charge on any atom is 0.255 e. The van der Waals surface area contributed by atoms with Crippen molar-refractivity contribution >= 4 is 23.3 Å². The number of aromatic nitrogens is 2. The zero-order valence-corrected chi connectivity index (χ0v) is 11.2. The average molecular weight is 282 g/mol. The average Bonchev–Trinajstić information content (AvgIpc) is 3.33. The number of pyridine rings is 2. The topological polar surface area (TPSA) is 84.0 Å². The highest BCUT2D eigenvalue weighted by atomic mass is 16.2. The van der Waals surface area contributed by atoms with E-state index in [1.165, 1.54) is 6.20 Å². The van der Waals surface area contributed by atoms with E-state index in [9.17, 15) is 9.59 Å². The number of nitrogens with zero attached hydrogens (tertiary/aromatic N) is 2. The number of carbonyl (C=O) groups is 2. The lowest BCUT2D eigenvalue weighted by atomic mass is 10.2. The van der Waals surface area contributed by atoms with Gasteiger partial charge in [0.05, 0.1) is 11.9 Å². The van der Waals surface area contributed by atoms with Gasteiger partial charge in [0.1, 0.15) is 5.82 Å². The maximum absolute atomic E-state index is 12.1. The van der Waals surface area contributed by atoms with Crippen molar-refractivity contribution in [2.75, 3.05) is 10.6 Å². The van der Waals surface area contributed by atoms with Crippen LogP contribution in [-0.2, 0) is 4.79 Å². The first-order valence-corrected chi connectivity index (χ1v) is 6.70. The summed E-state index contributed by atoms with van der Waals surface area (Å²) in [4.78, 5) is 31.8. The number of carbonyl (C=O) groups excluding carboxylic acids is 2. The van der Waals surface area contributed by atoms with E-state index in [2.05, 4.69) is 20.6 Å². The fraction of sp³-hybridized carbons (Fsp3) is 0.200. The summed E-state index contributed by atoms with van der Waals surface area (Å²) >= 11 is 0. The molecule has 2 aromatic heterocycles. The second-order valence-corrected chi connectivity index (χ2v) is 4.89. The summed E-state index contributed by atoms with van der Waals surface area (Å²) in [6.45, 7) is 0. The zero-order valence-electron chi connectivity index (χ0n) is 11.2. The minimum Gasteiger partial charge on any atom is -0.321 e. The monoisotopic (exact) mass is 282 g/mol. The summed E-state index contributed by atoms with van der Waals surface area (Å²) in [5, 5.41) is 5.45. The van der Waals surface area contributed by atoms with E-state index in [1.807, 2.05) is 0 Å². The summed E-state index contributed by atoms with van der Waals surface area (Å²) in [6, 6.07) is 6.65. The van der Waals surface area contributed by atoms with Gasteiger partial charge in [0, 0.05) is 23.9 Å². The molecule has 6 heteroatoms. The summed E-state index contributed by atoms with van der Waals surface area (Å²) in [6.07, 6.45) is 6.54. The first-order valence-electron chi connectivity index (χ1n) is 6.70. The summed E-state index contributed by atoms with van der Waals surface area (Å²) in [5.74, 6) is 0.185. The van der Waals surface area contributed by atoms with Gasteiger partial charge in [-0.2, -0.15) is 0 Å². The van der Waals surface area contributed by atoms with Crippen LogP contribution in [0.2, 0.25) is 0 Å². The molecule has 0 aliphatic heterocycles. The SMILES string of the molecule is O=C(Nc1cccnc1)c1ccnc(NC(=O)C2CC2)c1. The highest BCUT2D eigenvalue weighted by Crippen LogP contribution is 2.29. The van der Waals surface area contributed by atoms with Gasteiger partial charge in [0.15, 0.2) is 0 Å². The van der Waals surface area contributed by atoms with Crippen LogP contribution in [0.3, 0.4) is 0 Å². The third-order valence-corrected chi connectivity index (χ3v) is 3.14. The second-order valence-electron chi connectivity index (χ2n) is 4.89. The zero-order chi connectivity index (χ0) is 14.7. The van der Waals surface area contributed by atoms with Gasteiger partial charge >= 0.3 is 0 Å². The van der Waals surface area contributed by atoms with Crippen molar-refractivity contribution in [3.05, 3.63) is 48.4 Å². The molecule has 21 heavy (non-hydrogen) atoms. The smallest absolute Gasteiger partial charge is 0.255 e. The third kappa shape index (κ3) is 3.42. The molecule has 0 spiro atoms. The highest BCUT2D eigenvalue weighted by Gasteiger charge is 2.29. The predicted molar refractivity (Wildman–Crippen MR) is 77.8 cm³/mol. The van der Waals surface area contributed by atoms with Crippen molar-refractivity contribution in [2.24, 2.45) is 5.92 Å². The van der Waals surface area contributed by atoms with Crippen LogP contribution in [0.1, 0.15) is 23.2 Å². The standard InChI is InChI=1S/C15H14N4O2/c20-14(10-3-4-10)19-13-8-11(5-7-17-13)15(21)18-12-2-1-6-16-9-12/h1-2,5-10H,3-4H2,(H,18,21)(H,17,19,20). The molecule has 0 radical (unpaired) electrons. The molecule has 1 fully saturated rings. The van der Waals surface area contributed by atoms with E-state index >= 15 is 0 Å². The van der Waals surface area contributed by atoms with Crippen molar-refractivity contribution in [3.8, 4) is 0 Å². The Hall–Kier alpha value is -2.76. The first-order chi connectivity index (χ1) is 10.2. The van der Waals surface area contributed by atoms with Crippen LogP contribution >= 0.6 is 0 Å². The molecular weight excluding hydrogens is 268 g/mol. The quantitative estimate of drug-likeness (QED) is 0.899.